The fourth-order valence-electron chi connectivity index (χ4n) is 5.55. The minimum absolute atomic E-state index is 0.0182. The van der Waals surface area contributed by atoms with E-state index >= 15 is 0 Å². The van der Waals surface area contributed by atoms with Gasteiger partial charge in [0.2, 0.25) is 5.91 Å². The number of nitrogens with one attached hydrogen (secondary N) is 1. The van der Waals surface area contributed by atoms with Gasteiger partial charge in [-0.1, -0.05) is 32.9 Å². The van der Waals surface area contributed by atoms with Crippen LogP contribution in [0.15, 0.2) is 23.3 Å². The number of allylic oxidation sites excluding steroid dienone is 1. The fourth-order valence-corrected chi connectivity index (χ4v) is 5.55. The second-order valence-corrected chi connectivity index (χ2v) is 8.43. The summed E-state index contributed by atoms with van der Waals surface area (Å²) >= 11 is 0. The molecule has 5 nitrogen and oxygen atoms in total. The summed E-state index contributed by atoms with van der Waals surface area (Å²) in [5, 5.41) is 23.3. The second kappa shape index (κ2) is 6.27. The van der Waals surface area contributed by atoms with Crippen LogP contribution in [0.25, 0.3) is 0 Å². The Hall–Kier alpha value is -1.62. The fraction of sp³-hybridized carbons (Fsp3) is 0.700. The van der Waals surface area contributed by atoms with E-state index in [9.17, 15) is 19.8 Å². The number of rotatable bonds is 4. The average molecular weight is 347 g/mol. The van der Waals surface area contributed by atoms with Gasteiger partial charge in [0.25, 0.3) is 0 Å². The van der Waals surface area contributed by atoms with Crippen molar-refractivity contribution in [3.63, 3.8) is 0 Å². The second-order valence-electron chi connectivity index (χ2n) is 8.43. The van der Waals surface area contributed by atoms with Crippen LogP contribution in [0.3, 0.4) is 0 Å². The Labute approximate surface area is 149 Å². The first-order chi connectivity index (χ1) is 11.7. The summed E-state index contributed by atoms with van der Waals surface area (Å²) in [5.41, 5.74) is 0.378. The summed E-state index contributed by atoms with van der Waals surface area (Å²) in [6, 6.07) is 0. The summed E-state index contributed by atoms with van der Waals surface area (Å²) < 4.78 is 0. The van der Waals surface area contributed by atoms with Gasteiger partial charge in [-0.15, -0.1) is 0 Å². The van der Waals surface area contributed by atoms with E-state index < -0.39 is 17.5 Å². The molecule has 0 radical (unpaired) electrons. The lowest BCUT2D eigenvalue weighted by Crippen LogP contribution is -2.57. The van der Waals surface area contributed by atoms with Gasteiger partial charge >= 0.3 is 5.97 Å². The molecule has 0 unspecified atom stereocenters. The first kappa shape index (κ1) is 18.2. The van der Waals surface area contributed by atoms with Gasteiger partial charge in [-0.2, -0.15) is 0 Å². The summed E-state index contributed by atoms with van der Waals surface area (Å²) in [5.74, 6) is -0.524. The molecule has 5 heteroatoms. The van der Waals surface area contributed by atoms with Crippen molar-refractivity contribution < 1.29 is 19.8 Å². The van der Waals surface area contributed by atoms with Crippen LogP contribution in [-0.2, 0) is 9.59 Å². The van der Waals surface area contributed by atoms with Gasteiger partial charge < -0.3 is 15.5 Å². The minimum atomic E-state index is -0.916. The molecule has 138 valence electrons. The van der Waals surface area contributed by atoms with Crippen molar-refractivity contribution in [2.24, 2.45) is 22.7 Å². The Morgan fingerprint density at radius 1 is 1.36 bits per heavy atom. The molecule has 1 amide bonds. The SMILES string of the molecule is C[C@H]1C[C@@H](O)[C@]2(C)C(C(=O)O)=CCC[C@H]2[C@@]1(C)CCC1=CCNC1=O. The van der Waals surface area contributed by atoms with E-state index in [4.69, 9.17) is 0 Å². The average Bonchev–Trinajstić information content (AvgIpc) is 2.96. The maximum Gasteiger partial charge on any atom is 0.331 e. The molecule has 0 aromatic heterocycles. The van der Waals surface area contributed by atoms with Crippen molar-refractivity contribution in [3.05, 3.63) is 23.3 Å². The summed E-state index contributed by atoms with van der Waals surface area (Å²) in [7, 11) is 0. The van der Waals surface area contributed by atoms with Gasteiger partial charge in [0.15, 0.2) is 0 Å². The van der Waals surface area contributed by atoms with Crippen LogP contribution in [0.1, 0.15) is 52.9 Å². The number of carboxylic acid groups (broad SMARTS) is 1. The zero-order valence-electron chi connectivity index (χ0n) is 15.3. The van der Waals surface area contributed by atoms with E-state index in [0.29, 0.717) is 25.0 Å². The molecule has 5 atom stereocenters. The Kier molecular flexibility index (Phi) is 4.56. The van der Waals surface area contributed by atoms with Gasteiger partial charge in [-0.05, 0) is 49.4 Å². The number of hydrogen-bond donors (Lipinski definition) is 3. The standard InChI is InChI=1S/C20H29NO4/c1-12-11-16(22)20(3)14(18(24)25)5-4-6-15(20)19(12,2)9-7-13-8-10-21-17(13)23/h5,8,12,15-16,22H,4,6-7,9-11H2,1-3H3,(H,21,23)(H,24,25)/t12-,15-,16+,19-,20+/m0/s1. The van der Waals surface area contributed by atoms with E-state index in [1.165, 1.54) is 0 Å². The normalized spacial score (nSPS) is 40.8. The topological polar surface area (TPSA) is 86.6 Å². The van der Waals surface area contributed by atoms with Crippen molar-refractivity contribution in [2.75, 3.05) is 6.54 Å². The highest BCUT2D eigenvalue weighted by Gasteiger charge is 2.59. The minimum Gasteiger partial charge on any atom is -0.478 e. The number of hydrogen-bond acceptors (Lipinski definition) is 3. The monoisotopic (exact) mass is 347 g/mol. The maximum absolute atomic E-state index is 11.9. The smallest absolute Gasteiger partial charge is 0.331 e. The molecule has 2 aliphatic carbocycles. The third-order valence-electron chi connectivity index (χ3n) is 7.37. The predicted molar refractivity (Wildman–Crippen MR) is 94.8 cm³/mol. The first-order valence-corrected chi connectivity index (χ1v) is 9.30. The van der Waals surface area contributed by atoms with Crippen molar-refractivity contribution in [3.8, 4) is 0 Å². The highest BCUT2D eigenvalue weighted by molar-refractivity contribution is 5.95. The molecule has 3 rings (SSSR count). The van der Waals surface area contributed by atoms with Crippen LogP contribution in [0, 0.1) is 22.7 Å². The maximum atomic E-state index is 11.9. The molecule has 0 aromatic carbocycles. The van der Waals surface area contributed by atoms with Crippen LogP contribution < -0.4 is 5.32 Å². The molecular weight excluding hydrogens is 318 g/mol. The number of aliphatic carboxylic acids is 1. The van der Waals surface area contributed by atoms with E-state index in [1.54, 1.807) is 6.08 Å². The molecule has 0 aromatic rings. The van der Waals surface area contributed by atoms with Crippen LogP contribution in [-0.4, -0.2) is 34.7 Å². The first-order valence-electron chi connectivity index (χ1n) is 9.30. The Bertz CT molecular complexity index is 652. The lowest BCUT2D eigenvalue weighted by Gasteiger charge is -2.59. The highest BCUT2D eigenvalue weighted by atomic mass is 16.4. The molecule has 1 heterocycles. The Morgan fingerprint density at radius 2 is 2.08 bits per heavy atom. The van der Waals surface area contributed by atoms with Gasteiger partial charge in [0, 0.05) is 23.1 Å². The van der Waals surface area contributed by atoms with E-state index in [-0.39, 0.29) is 23.2 Å². The van der Waals surface area contributed by atoms with Crippen LogP contribution >= 0.6 is 0 Å². The van der Waals surface area contributed by atoms with Crippen molar-refractivity contribution in [1.29, 1.82) is 0 Å². The number of carbonyl (C=O) groups is 2. The number of amides is 1. The molecule has 3 aliphatic rings. The van der Waals surface area contributed by atoms with Gasteiger partial charge in [-0.25, -0.2) is 4.79 Å². The van der Waals surface area contributed by atoms with Crippen LogP contribution in [0.4, 0.5) is 0 Å². The summed E-state index contributed by atoms with van der Waals surface area (Å²) in [4.78, 5) is 23.7. The zero-order valence-corrected chi connectivity index (χ0v) is 15.3. The molecule has 0 bridgehead atoms. The number of carbonyl (C=O) groups excluding carboxylic acids is 1. The van der Waals surface area contributed by atoms with E-state index in [1.807, 2.05) is 13.0 Å². The zero-order chi connectivity index (χ0) is 18.4. The summed E-state index contributed by atoms with van der Waals surface area (Å²) in [6.45, 7) is 6.91. The van der Waals surface area contributed by atoms with Crippen molar-refractivity contribution in [1.82, 2.24) is 5.32 Å². The predicted octanol–water partition coefficient (Wildman–Crippen LogP) is 2.66. The van der Waals surface area contributed by atoms with E-state index in [0.717, 1.165) is 24.8 Å². The van der Waals surface area contributed by atoms with Crippen molar-refractivity contribution >= 4 is 11.9 Å². The van der Waals surface area contributed by atoms with Crippen LogP contribution in [0.5, 0.6) is 0 Å². The molecule has 0 spiro atoms. The third-order valence-corrected chi connectivity index (χ3v) is 7.37. The van der Waals surface area contributed by atoms with Crippen LogP contribution in [0.2, 0.25) is 0 Å². The lowest BCUT2D eigenvalue weighted by molar-refractivity contribution is -0.148. The number of aliphatic hydroxyl groups excluding tert-OH is 1. The van der Waals surface area contributed by atoms with Gasteiger partial charge in [0.1, 0.15) is 0 Å². The largest absolute Gasteiger partial charge is 0.478 e. The lowest BCUT2D eigenvalue weighted by atomic mass is 9.45. The molecule has 25 heavy (non-hydrogen) atoms. The molecule has 1 fully saturated rings. The quantitative estimate of drug-likeness (QED) is 0.730. The molecule has 3 N–H and O–H groups in total. The molecule has 1 saturated carbocycles. The molecule has 0 saturated heterocycles. The number of fused-ring (bicyclic) bond motifs is 1. The van der Waals surface area contributed by atoms with Crippen molar-refractivity contribution in [2.45, 2.75) is 59.0 Å². The third kappa shape index (κ3) is 2.73. The van der Waals surface area contributed by atoms with E-state index in [2.05, 4.69) is 19.2 Å². The Morgan fingerprint density at radius 3 is 2.68 bits per heavy atom. The number of carboxylic acids is 1. The Balaban J connectivity index is 1.92. The summed E-state index contributed by atoms with van der Waals surface area (Å²) in [6.07, 6.45) is 6.88. The van der Waals surface area contributed by atoms with Gasteiger partial charge in [0.05, 0.1) is 6.10 Å². The number of aliphatic hydroxyl groups is 1. The molecular formula is C20H29NO4. The molecule has 1 aliphatic heterocycles. The highest BCUT2D eigenvalue weighted by Crippen LogP contribution is 2.62. The van der Waals surface area contributed by atoms with Gasteiger partial charge in [-0.3, -0.25) is 4.79 Å².